The molecule has 0 saturated heterocycles. The Morgan fingerprint density at radius 2 is 2.07 bits per heavy atom. The Morgan fingerprint density at radius 3 is 2.93 bits per heavy atom. The number of hydrogen-bond donors (Lipinski definition) is 3. The van der Waals surface area contributed by atoms with Gasteiger partial charge in [0.1, 0.15) is 5.82 Å². The molecule has 6 heteroatoms. The van der Waals surface area contributed by atoms with Crippen molar-refractivity contribution in [1.82, 2.24) is 4.98 Å². The number of halogens is 1. The molecule has 0 aliphatic carbocycles. The normalized spacial score (nSPS) is 14.5. The van der Waals surface area contributed by atoms with E-state index < -0.39 is 5.82 Å². The van der Waals surface area contributed by atoms with Gasteiger partial charge in [0.15, 0.2) is 0 Å². The maximum Gasteiger partial charge on any atom is 0.225 e. The lowest BCUT2D eigenvalue weighted by Crippen LogP contribution is -2.20. The van der Waals surface area contributed by atoms with Crippen LogP contribution in [0.1, 0.15) is 36.8 Å². The zero-order valence-electron chi connectivity index (χ0n) is 14.9. The average molecular weight is 365 g/mol. The number of carbonyl (C=O) groups is 2. The van der Waals surface area contributed by atoms with Gasteiger partial charge in [-0.1, -0.05) is 25.1 Å². The van der Waals surface area contributed by atoms with Crippen molar-refractivity contribution in [2.45, 2.75) is 32.1 Å². The Morgan fingerprint density at radius 1 is 1.26 bits per heavy atom. The van der Waals surface area contributed by atoms with Crippen LogP contribution in [0.15, 0.2) is 42.6 Å². The number of nitrogens with one attached hydrogen (secondary N) is 3. The molecule has 1 aliphatic rings. The minimum absolute atomic E-state index is 0.0128. The van der Waals surface area contributed by atoms with E-state index in [0.29, 0.717) is 18.5 Å². The quantitative estimate of drug-likeness (QED) is 0.644. The van der Waals surface area contributed by atoms with Crippen LogP contribution >= 0.6 is 0 Å². The van der Waals surface area contributed by atoms with Crippen molar-refractivity contribution in [1.29, 1.82) is 0 Å². The van der Waals surface area contributed by atoms with E-state index in [2.05, 4.69) is 15.6 Å². The number of hydrogen-bond acceptors (Lipinski definition) is 2. The fourth-order valence-electron chi connectivity index (χ4n) is 3.59. The number of rotatable bonds is 4. The van der Waals surface area contributed by atoms with Gasteiger partial charge in [-0.3, -0.25) is 9.59 Å². The summed E-state index contributed by atoms with van der Waals surface area (Å²) in [5, 5.41) is 6.42. The van der Waals surface area contributed by atoms with Gasteiger partial charge in [0.2, 0.25) is 11.8 Å². The van der Waals surface area contributed by atoms with Gasteiger partial charge in [-0.05, 0) is 41.7 Å². The van der Waals surface area contributed by atoms with E-state index in [1.807, 2.05) is 37.4 Å². The first-order valence-corrected chi connectivity index (χ1v) is 8.99. The molecule has 1 atom stereocenters. The van der Waals surface area contributed by atoms with Crippen LogP contribution in [0.5, 0.6) is 0 Å². The molecule has 1 unspecified atom stereocenters. The number of fused-ring (bicyclic) bond motifs is 2. The van der Waals surface area contributed by atoms with E-state index in [0.717, 1.165) is 22.0 Å². The summed E-state index contributed by atoms with van der Waals surface area (Å²) in [5.41, 5.74) is 3.56. The molecule has 138 valence electrons. The van der Waals surface area contributed by atoms with E-state index in [1.54, 1.807) is 6.07 Å². The summed E-state index contributed by atoms with van der Waals surface area (Å²) >= 11 is 0. The van der Waals surface area contributed by atoms with Crippen LogP contribution < -0.4 is 10.6 Å². The van der Waals surface area contributed by atoms with Crippen LogP contribution in [0.3, 0.4) is 0 Å². The summed E-state index contributed by atoms with van der Waals surface area (Å²) in [6, 6.07) is 10.8. The molecule has 27 heavy (non-hydrogen) atoms. The van der Waals surface area contributed by atoms with Crippen molar-refractivity contribution in [3.63, 3.8) is 0 Å². The van der Waals surface area contributed by atoms with Gasteiger partial charge in [0.25, 0.3) is 0 Å². The largest absolute Gasteiger partial charge is 0.361 e. The highest BCUT2D eigenvalue weighted by Gasteiger charge is 2.20. The first kappa shape index (κ1) is 17.3. The lowest BCUT2D eigenvalue weighted by Gasteiger charge is -2.19. The summed E-state index contributed by atoms with van der Waals surface area (Å²) < 4.78 is 14.3. The highest BCUT2D eigenvalue weighted by Crippen LogP contribution is 2.30. The zero-order valence-corrected chi connectivity index (χ0v) is 14.9. The van der Waals surface area contributed by atoms with Gasteiger partial charge < -0.3 is 15.6 Å². The van der Waals surface area contributed by atoms with Crippen molar-refractivity contribution < 1.29 is 14.0 Å². The molecular weight excluding hydrogens is 345 g/mol. The summed E-state index contributed by atoms with van der Waals surface area (Å²) in [7, 11) is 0. The molecule has 0 radical (unpaired) electrons. The predicted molar refractivity (Wildman–Crippen MR) is 103 cm³/mol. The molecule has 2 amide bonds. The van der Waals surface area contributed by atoms with E-state index in [4.69, 9.17) is 0 Å². The number of aromatic amines is 1. The molecule has 4 rings (SSSR count). The van der Waals surface area contributed by atoms with Gasteiger partial charge in [0.05, 0.1) is 5.69 Å². The third kappa shape index (κ3) is 3.43. The summed E-state index contributed by atoms with van der Waals surface area (Å²) in [6.07, 6.45) is 3.07. The van der Waals surface area contributed by atoms with Crippen molar-refractivity contribution in [2.75, 3.05) is 10.6 Å². The number of aromatic nitrogens is 1. The van der Waals surface area contributed by atoms with E-state index in [1.165, 1.54) is 6.07 Å². The highest BCUT2D eigenvalue weighted by atomic mass is 19.1. The van der Waals surface area contributed by atoms with Crippen LogP contribution in [-0.4, -0.2) is 16.8 Å². The summed E-state index contributed by atoms with van der Waals surface area (Å²) in [5.74, 6) is -0.928. The number of para-hydroxylation sites is 1. The molecule has 2 heterocycles. The molecule has 3 aromatic rings. The first-order valence-electron chi connectivity index (χ1n) is 8.99. The topological polar surface area (TPSA) is 74.0 Å². The van der Waals surface area contributed by atoms with Crippen LogP contribution in [0.4, 0.5) is 15.8 Å². The minimum atomic E-state index is -0.552. The smallest absolute Gasteiger partial charge is 0.225 e. The molecule has 0 bridgehead atoms. The molecule has 0 spiro atoms. The van der Waals surface area contributed by atoms with Crippen LogP contribution in [0.2, 0.25) is 0 Å². The number of carbonyl (C=O) groups excluding carboxylic acids is 2. The Hall–Kier alpha value is -3.15. The number of amides is 2. The SMILES string of the molecule is CC(CC(=O)Nc1cc2c(cc1F)NC(=O)CC2)c1c[nH]c2ccccc12. The summed E-state index contributed by atoms with van der Waals surface area (Å²) in [6.45, 7) is 1.98. The molecule has 3 N–H and O–H groups in total. The van der Waals surface area contributed by atoms with Crippen molar-refractivity contribution in [3.05, 3.63) is 59.5 Å². The second-order valence-corrected chi connectivity index (χ2v) is 6.98. The van der Waals surface area contributed by atoms with Crippen LogP contribution in [0.25, 0.3) is 10.9 Å². The number of aryl methyl sites for hydroxylation is 1. The number of benzene rings is 2. The average Bonchev–Trinajstić information content (AvgIpc) is 3.06. The van der Waals surface area contributed by atoms with Gasteiger partial charge >= 0.3 is 0 Å². The van der Waals surface area contributed by atoms with Crippen LogP contribution in [0, 0.1) is 5.82 Å². The third-order valence-electron chi connectivity index (χ3n) is 5.01. The molecule has 2 aromatic carbocycles. The standard InChI is InChI=1S/C21H20FN3O2/c1-12(15-11-23-17-5-3-2-4-14(15)17)8-21(27)25-19-9-13-6-7-20(26)24-18(13)10-16(19)22/h2-5,9-12,23H,6-8H2,1H3,(H,24,26)(H,25,27). The monoisotopic (exact) mass is 365 g/mol. The molecule has 1 aliphatic heterocycles. The number of H-pyrrole nitrogens is 1. The van der Waals surface area contributed by atoms with Gasteiger partial charge in [0, 0.05) is 35.6 Å². The molecule has 1 aromatic heterocycles. The Bertz CT molecular complexity index is 1040. The number of anilines is 2. The van der Waals surface area contributed by atoms with E-state index in [9.17, 15) is 14.0 Å². The minimum Gasteiger partial charge on any atom is -0.361 e. The summed E-state index contributed by atoms with van der Waals surface area (Å²) in [4.78, 5) is 27.1. The van der Waals surface area contributed by atoms with Gasteiger partial charge in [-0.25, -0.2) is 4.39 Å². The van der Waals surface area contributed by atoms with Crippen LogP contribution in [-0.2, 0) is 16.0 Å². The van der Waals surface area contributed by atoms with Gasteiger partial charge in [-0.2, -0.15) is 0 Å². The maximum absolute atomic E-state index is 14.3. The lowest BCUT2D eigenvalue weighted by atomic mass is 9.96. The molecule has 0 fully saturated rings. The van der Waals surface area contributed by atoms with Crippen molar-refractivity contribution in [2.24, 2.45) is 0 Å². The van der Waals surface area contributed by atoms with Gasteiger partial charge in [-0.15, -0.1) is 0 Å². The van der Waals surface area contributed by atoms with E-state index >= 15 is 0 Å². The first-order chi connectivity index (χ1) is 13.0. The zero-order chi connectivity index (χ0) is 19.0. The molecular formula is C21H20FN3O2. The molecule has 0 saturated carbocycles. The van der Waals surface area contributed by atoms with Crippen molar-refractivity contribution in [3.8, 4) is 0 Å². The Kier molecular flexibility index (Phi) is 4.39. The third-order valence-corrected chi connectivity index (χ3v) is 5.01. The second kappa shape index (κ2) is 6.87. The predicted octanol–water partition coefficient (Wildman–Crippen LogP) is 4.32. The Balaban J connectivity index is 1.49. The fraction of sp³-hybridized carbons (Fsp3) is 0.238. The fourth-order valence-corrected chi connectivity index (χ4v) is 3.59. The highest BCUT2D eigenvalue weighted by molar-refractivity contribution is 5.96. The molecule has 5 nitrogen and oxygen atoms in total. The second-order valence-electron chi connectivity index (χ2n) is 6.98. The lowest BCUT2D eigenvalue weighted by molar-refractivity contribution is -0.117. The van der Waals surface area contributed by atoms with E-state index in [-0.39, 0.29) is 29.8 Å². The van der Waals surface area contributed by atoms with Crippen molar-refractivity contribution >= 4 is 34.1 Å². The maximum atomic E-state index is 14.3. The Labute approximate surface area is 156 Å².